The highest BCUT2D eigenvalue weighted by atomic mass is 19.1. The number of carbonyl (C=O) groups excluding carboxylic acids is 1. The predicted octanol–water partition coefficient (Wildman–Crippen LogP) is 9.17. The molecule has 1 aliphatic heterocycles. The molecule has 1 saturated heterocycles. The summed E-state index contributed by atoms with van der Waals surface area (Å²) in [7, 11) is 0. The molecule has 3 rings (SSSR count). The minimum atomic E-state index is -1.17. The summed E-state index contributed by atoms with van der Waals surface area (Å²) in [6.45, 7) is 5.12. The Morgan fingerprint density at radius 1 is 0.784 bits per heavy atom. The Balaban J connectivity index is 1.34. The summed E-state index contributed by atoms with van der Waals surface area (Å²) >= 11 is 0. The SMILES string of the molecule is CCCCCCCCCCOc1ccc(OC(=O)c2ccc([C@@H](F)[C@@H]3OC3CCCCCC)cc2)cc1. The van der Waals surface area contributed by atoms with Crippen LogP contribution >= 0.6 is 0 Å². The van der Waals surface area contributed by atoms with E-state index < -0.39 is 12.1 Å². The highest BCUT2D eigenvalue weighted by Crippen LogP contribution is 2.39. The first-order valence-electron chi connectivity index (χ1n) is 14.5. The fraction of sp³-hybridized carbons (Fsp3) is 0.594. The van der Waals surface area contributed by atoms with Crippen LogP contribution in [0.15, 0.2) is 48.5 Å². The Morgan fingerprint density at radius 2 is 1.35 bits per heavy atom. The van der Waals surface area contributed by atoms with Crippen LogP contribution in [0.4, 0.5) is 4.39 Å². The first-order valence-corrected chi connectivity index (χ1v) is 14.5. The van der Waals surface area contributed by atoms with Crippen molar-refractivity contribution in [2.24, 2.45) is 0 Å². The summed E-state index contributed by atoms with van der Waals surface area (Å²) in [5.41, 5.74) is 0.925. The maximum atomic E-state index is 14.8. The molecule has 2 aromatic carbocycles. The van der Waals surface area contributed by atoms with E-state index in [-0.39, 0.29) is 12.2 Å². The zero-order valence-electron chi connectivity index (χ0n) is 22.8. The van der Waals surface area contributed by atoms with Gasteiger partial charge >= 0.3 is 5.97 Å². The van der Waals surface area contributed by atoms with E-state index in [0.717, 1.165) is 25.0 Å². The largest absolute Gasteiger partial charge is 0.494 e. The summed E-state index contributed by atoms with van der Waals surface area (Å²) < 4.78 is 31.7. The Hall–Kier alpha value is -2.40. The minimum Gasteiger partial charge on any atom is -0.494 e. The molecule has 1 aliphatic rings. The van der Waals surface area contributed by atoms with Gasteiger partial charge in [0, 0.05) is 0 Å². The van der Waals surface area contributed by atoms with Gasteiger partial charge in [-0.15, -0.1) is 0 Å². The van der Waals surface area contributed by atoms with E-state index in [0.29, 0.717) is 23.5 Å². The molecule has 0 aliphatic carbocycles. The Labute approximate surface area is 222 Å². The van der Waals surface area contributed by atoms with Crippen LogP contribution in [-0.4, -0.2) is 24.8 Å². The lowest BCUT2D eigenvalue weighted by Crippen LogP contribution is -2.09. The van der Waals surface area contributed by atoms with E-state index in [1.807, 2.05) is 12.1 Å². The lowest BCUT2D eigenvalue weighted by atomic mass is 10.0. The highest BCUT2D eigenvalue weighted by Gasteiger charge is 2.45. The number of esters is 1. The molecule has 3 atom stereocenters. The maximum absolute atomic E-state index is 14.8. The van der Waals surface area contributed by atoms with Crippen LogP contribution in [0.1, 0.15) is 119 Å². The third kappa shape index (κ3) is 10.5. The van der Waals surface area contributed by atoms with Crippen LogP contribution in [0.25, 0.3) is 0 Å². The van der Waals surface area contributed by atoms with Gasteiger partial charge in [0.25, 0.3) is 0 Å². The second kappa shape index (κ2) is 16.4. The zero-order chi connectivity index (χ0) is 26.3. The molecule has 0 bridgehead atoms. The average Bonchev–Trinajstić information content (AvgIpc) is 3.70. The highest BCUT2D eigenvalue weighted by molar-refractivity contribution is 5.91. The van der Waals surface area contributed by atoms with Crippen molar-refractivity contribution in [3.05, 3.63) is 59.7 Å². The van der Waals surface area contributed by atoms with Gasteiger partial charge in [-0.2, -0.15) is 0 Å². The molecule has 1 heterocycles. The van der Waals surface area contributed by atoms with Crippen molar-refractivity contribution in [1.82, 2.24) is 0 Å². The van der Waals surface area contributed by atoms with Gasteiger partial charge in [0.15, 0.2) is 6.17 Å². The monoisotopic (exact) mass is 512 g/mol. The molecular formula is C32H45FO4. The molecule has 0 aromatic heterocycles. The summed E-state index contributed by atoms with van der Waals surface area (Å²) in [6.07, 6.45) is 14.2. The van der Waals surface area contributed by atoms with Crippen molar-refractivity contribution in [2.45, 2.75) is 116 Å². The van der Waals surface area contributed by atoms with Gasteiger partial charge in [-0.1, -0.05) is 96.6 Å². The molecule has 0 N–H and O–H groups in total. The fourth-order valence-electron chi connectivity index (χ4n) is 4.61. The number of ether oxygens (including phenoxy) is 3. The van der Waals surface area contributed by atoms with Gasteiger partial charge in [0.05, 0.1) is 18.3 Å². The maximum Gasteiger partial charge on any atom is 0.343 e. The van der Waals surface area contributed by atoms with Gasteiger partial charge < -0.3 is 14.2 Å². The van der Waals surface area contributed by atoms with Gasteiger partial charge in [-0.25, -0.2) is 9.18 Å². The van der Waals surface area contributed by atoms with E-state index in [9.17, 15) is 9.18 Å². The molecule has 2 aromatic rings. The molecule has 1 fully saturated rings. The molecule has 204 valence electrons. The molecule has 0 amide bonds. The number of hydrogen-bond donors (Lipinski definition) is 0. The zero-order valence-corrected chi connectivity index (χ0v) is 22.8. The summed E-state index contributed by atoms with van der Waals surface area (Å²) in [6, 6.07) is 13.6. The quantitative estimate of drug-likeness (QED) is 0.0815. The molecule has 37 heavy (non-hydrogen) atoms. The van der Waals surface area contributed by atoms with E-state index in [1.165, 1.54) is 64.2 Å². The summed E-state index contributed by atoms with van der Waals surface area (Å²) in [5, 5.41) is 0. The van der Waals surface area contributed by atoms with Gasteiger partial charge in [-0.05, 0) is 54.8 Å². The van der Waals surface area contributed by atoms with E-state index in [1.54, 1.807) is 36.4 Å². The van der Waals surface area contributed by atoms with Crippen LogP contribution in [0.2, 0.25) is 0 Å². The van der Waals surface area contributed by atoms with Gasteiger partial charge in [0.1, 0.15) is 17.6 Å². The summed E-state index contributed by atoms with van der Waals surface area (Å²) in [4.78, 5) is 12.5. The minimum absolute atomic E-state index is 0.0174. The number of benzene rings is 2. The molecule has 5 heteroatoms. The topological polar surface area (TPSA) is 48.1 Å². The normalized spacial score (nSPS) is 17.4. The van der Waals surface area contributed by atoms with Gasteiger partial charge in [0.2, 0.25) is 0 Å². The Morgan fingerprint density at radius 3 is 2.00 bits per heavy atom. The number of rotatable bonds is 19. The molecule has 0 radical (unpaired) electrons. The Kier molecular flexibility index (Phi) is 13.0. The first kappa shape index (κ1) is 29.2. The summed E-state index contributed by atoms with van der Waals surface area (Å²) in [5.74, 6) is 0.757. The fourth-order valence-corrected chi connectivity index (χ4v) is 4.61. The number of carbonyl (C=O) groups is 1. The van der Waals surface area contributed by atoms with Crippen LogP contribution in [0, 0.1) is 0 Å². The number of hydrogen-bond acceptors (Lipinski definition) is 4. The van der Waals surface area contributed by atoms with Crippen LogP contribution < -0.4 is 9.47 Å². The second-order valence-corrected chi connectivity index (χ2v) is 10.2. The number of unbranched alkanes of at least 4 members (excludes halogenated alkanes) is 10. The molecule has 0 spiro atoms. The van der Waals surface area contributed by atoms with Gasteiger partial charge in [-0.3, -0.25) is 0 Å². The molecular weight excluding hydrogens is 467 g/mol. The third-order valence-electron chi connectivity index (χ3n) is 7.02. The number of epoxide rings is 1. The molecule has 0 saturated carbocycles. The Bertz CT molecular complexity index is 896. The number of alkyl halides is 1. The van der Waals surface area contributed by atoms with Crippen LogP contribution in [-0.2, 0) is 4.74 Å². The second-order valence-electron chi connectivity index (χ2n) is 10.2. The average molecular weight is 513 g/mol. The van der Waals surface area contributed by atoms with E-state index >= 15 is 0 Å². The van der Waals surface area contributed by atoms with E-state index in [2.05, 4.69) is 13.8 Å². The van der Waals surface area contributed by atoms with Crippen molar-refractivity contribution in [2.75, 3.05) is 6.61 Å². The van der Waals surface area contributed by atoms with Crippen molar-refractivity contribution in [1.29, 1.82) is 0 Å². The molecule has 4 nitrogen and oxygen atoms in total. The molecule has 1 unspecified atom stereocenters. The standard InChI is InChI=1S/C32H45FO4/c1-3-5-7-9-10-11-12-14-24-35-27-20-22-28(23-21-27)36-32(34)26-18-16-25(17-19-26)30(33)31-29(37-31)15-13-8-6-4-2/h16-23,29-31H,3-15,24H2,1-2H3/t29?,30-,31-/m1/s1. The smallest absolute Gasteiger partial charge is 0.343 e. The van der Waals surface area contributed by atoms with Crippen molar-refractivity contribution >= 4 is 5.97 Å². The predicted molar refractivity (Wildman–Crippen MR) is 147 cm³/mol. The van der Waals surface area contributed by atoms with Crippen LogP contribution in [0.5, 0.6) is 11.5 Å². The van der Waals surface area contributed by atoms with Crippen molar-refractivity contribution in [3.8, 4) is 11.5 Å². The lowest BCUT2D eigenvalue weighted by molar-refractivity contribution is 0.0734. The first-order chi connectivity index (χ1) is 18.1. The van der Waals surface area contributed by atoms with Crippen LogP contribution in [0.3, 0.4) is 0 Å². The van der Waals surface area contributed by atoms with Crippen molar-refractivity contribution < 1.29 is 23.4 Å². The third-order valence-corrected chi connectivity index (χ3v) is 7.02. The lowest BCUT2D eigenvalue weighted by Gasteiger charge is -2.09. The van der Waals surface area contributed by atoms with E-state index in [4.69, 9.17) is 14.2 Å². The number of halogens is 1. The van der Waals surface area contributed by atoms with Crippen molar-refractivity contribution in [3.63, 3.8) is 0 Å².